The minimum atomic E-state index is -0.597. The number of urea groups is 1. The Hall–Kier alpha value is -2.96. The summed E-state index contributed by atoms with van der Waals surface area (Å²) in [7, 11) is 0. The maximum absolute atomic E-state index is 14.5. The molecule has 0 N–H and O–H groups in total. The Labute approximate surface area is 188 Å². The van der Waals surface area contributed by atoms with Gasteiger partial charge in [0.25, 0.3) is 0 Å². The van der Waals surface area contributed by atoms with Crippen molar-refractivity contribution in [1.29, 1.82) is 0 Å². The van der Waals surface area contributed by atoms with Crippen molar-refractivity contribution in [3.63, 3.8) is 0 Å². The van der Waals surface area contributed by atoms with Crippen LogP contribution in [0.5, 0.6) is 0 Å². The minimum absolute atomic E-state index is 0.0234. The molecule has 154 valence electrons. The van der Waals surface area contributed by atoms with Crippen molar-refractivity contribution in [1.82, 2.24) is 0 Å². The van der Waals surface area contributed by atoms with Crippen molar-refractivity contribution < 1.29 is 18.6 Å². The lowest BCUT2D eigenvalue weighted by Crippen LogP contribution is -2.55. The molecule has 2 aliphatic rings. The highest BCUT2D eigenvalue weighted by molar-refractivity contribution is 8.02. The fraction of sp³-hybridized carbons (Fsp3) is 0.125. The molecule has 0 bridgehead atoms. The number of aryl methyl sites for hydroxylation is 1. The number of carbonyl (C=O) groups is 2. The zero-order valence-electron chi connectivity index (χ0n) is 16.5. The number of hydrogen-bond acceptors (Lipinski definition) is 3. The molecule has 0 radical (unpaired) electrons. The molecular formula is C24H17ClFN2O2S+. The van der Waals surface area contributed by atoms with Gasteiger partial charge < -0.3 is 0 Å². The molecule has 0 spiro atoms. The Bertz CT molecular complexity index is 1290. The first-order chi connectivity index (χ1) is 15.0. The Morgan fingerprint density at radius 1 is 1.06 bits per heavy atom. The molecule has 31 heavy (non-hydrogen) atoms. The van der Waals surface area contributed by atoms with Crippen molar-refractivity contribution in [2.75, 3.05) is 4.90 Å². The van der Waals surface area contributed by atoms with E-state index < -0.39 is 17.1 Å². The van der Waals surface area contributed by atoms with Crippen molar-refractivity contribution in [3.8, 4) is 0 Å². The van der Waals surface area contributed by atoms with Crippen molar-refractivity contribution >= 4 is 46.7 Å². The van der Waals surface area contributed by atoms with Crippen LogP contribution >= 0.6 is 23.4 Å². The van der Waals surface area contributed by atoms with Crippen LogP contribution in [-0.4, -0.2) is 27.5 Å². The van der Waals surface area contributed by atoms with E-state index in [-0.39, 0.29) is 12.5 Å². The van der Waals surface area contributed by atoms with E-state index in [1.54, 1.807) is 36.4 Å². The van der Waals surface area contributed by atoms with Gasteiger partial charge in [0.2, 0.25) is 0 Å². The van der Waals surface area contributed by atoms with Gasteiger partial charge in [0, 0.05) is 27.1 Å². The number of amides is 3. The Morgan fingerprint density at radius 2 is 1.81 bits per heavy atom. The summed E-state index contributed by atoms with van der Waals surface area (Å²) in [6, 6.07) is 18.6. The third-order valence-electron chi connectivity index (χ3n) is 5.51. The maximum atomic E-state index is 14.5. The average molecular weight is 452 g/mol. The van der Waals surface area contributed by atoms with E-state index in [9.17, 15) is 14.0 Å². The highest BCUT2D eigenvalue weighted by Crippen LogP contribution is 2.41. The number of rotatable bonds is 3. The lowest BCUT2D eigenvalue weighted by molar-refractivity contribution is -0.444. The van der Waals surface area contributed by atoms with Gasteiger partial charge >= 0.3 is 11.9 Å². The molecule has 0 aliphatic carbocycles. The summed E-state index contributed by atoms with van der Waals surface area (Å²) in [5, 5.41) is -0.167. The second kappa shape index (κ2) is 7.62. The standard InChI is InChI=1S/C24H17ClFN2O2S/c1-14-10-11-16(25)12-19(14)28-23(29)22-21(17-7-3-5-9-20(17)31-22)27(24(28)30)13-15-6-2-4-8-18(15)26/h2-12,22H,13H2,1H3/q+1. The molecule has 3 aromatic carbocycles. The maximum Gasteiger partial charge on any atom is 0.506 e. The fourth-order valence-corrected chi connectivity index (χ4v) is 5.44. The number of fused-ring (bicyclic) bond motifs is 3. The first kappa shape index (κ1) is 20.0. The summed E-state index contributed by atoms with van der Waals surface area (Å²) in [5.41, 5.74) is 3.01. The Morgan fingerprint density at radius 3 is 2.61 bits per heavy atom. The van der Waals surface area contributed by atoms with Crippen LogP contribution in [0.1, 0.15) is 16.7 Å². The van der Waals surface area contributed by atoms with Crippen molar-refractivity contribution in [3.05, 3.63) is 94.3 Å². The van der Waals surface area contributed by atoms with Crippen LogP contribution < -0.4 is 4.90 Å². The second-order valence-corrected chi connectivity index (χ2v) is 9.03. The molecule has 7 heteroatoms. The predicted molar refractivity (Wildman–Crippen MR) is 120 cm³/mol. The lowest BCUT2D eigenvalue weighted by Gasteiger charge is -2.25. The largest absolute Gasteiger partial charge is 0.506 e. The minimum Gasteiger partial charge on any atom is -0.244 e. The van der Waals surface area contributed by atoms with Crippen LogP contribution in [0.25, 0.3) is 0 Å². The summed E-state index contributed by atoms with van der Waals surface area (Å²) in [4.78, 5) is 29.3. The third kappa shape index (κ3) is 3.27. The van der Waals surface area contributed by atoms with Crippen molar-refractivity contribution in [2.45, 2.75) is 23.6 Å². The molecule has 2 heterocycles. The zero-order chi connectivity index (χ0) is 21.7. The van der Waals surface area contributed by atoms with E-state index in [4.69, 9.17) is 11.6 Å². The molecule has 0 saturated carbocycles. The van der Waals surface area contributed by atoms with Gasteiger partial charge in [-0.3, -0.25) is 0 Å². The number of thioether (sulfide) groups is 1. The topological polar surface area (TPSA) is 40.4 Å². The van der Waals surface area contributed by atoms with Gasteiger partial charge in [0.1, 0.15) is 23.8 Å². The van der Waals surface area contributed by atoms with Gasteiger partial charge in [-0.2, -0.15) is 9.37 Å². The first-order valence-corrected chi connectivity index (χ1v) is 11.0. The van der Waals surface area contributed by atoms with Gasteiger partial charge in [0.15, 0.2) is 5.25 Å². The van der Waals surface area contributed by atoms with E-state index in [1.807, 2.05) is 31.2 Å². The fourth-order valence-electron chi connectivity index (χ4n) is 3.99. The molecule has 2 aliphatic heterocycles. The van der Waals surface area contributed by atoms with Crippen molar-refractivity contribution in [2.24, 2.45) is 0 Å². The molecule has 0 saturated heterocycles. The quantitative estimate of drug-likeness (QED) is 0.498. The van der Waals surface area contributed by atoms with Crippen LogP contribution in [0.4, 0.5) is 14.9 Å². The summed E-state index contributed by atoms with van der Waals surface area (Å²) in [6.45, 7) is 1.85. The van der Waals surface area contributed by atoms with Gasteiger partial charge in [0.05, 0.1) is 0 Å². The summed E-state index contributed by atoms with van der Waals surface area (Å²) in [5.74, 6) is -0.717. The van der Waals surface area contributed by atoms with E-state index >= 15 is 0 Å². The normalized spacial score (nSPS) is 17.8. The van der Waals surface area contributed by atoms with Crippen LogP contribution in [0, 0.1) is 12.7 Å². The first-order valence-electron chi connectivity index (χ1n) is 9.73. The van der Waals surface area contributed by atoms with E-state index in [0.717, 1.165) is 16.0 Å². The molecule has 0 aromatic heterocycles. The molecule has 5 rings (SSSR count). The summed E-state index contributed by atoms with van der Waals surface area (Å²) < 4.78 is 16.0. The molecular weight excluding hydrogens is 435 g/mol. The van der Waals surface area contributed by atoms with E-state index in [2.05, 4.69) is 0 Å². The SMILES string of the molecule is Cc1ccc(Cl)cc1N1C(=O)C2Sc3ccccc3C2=[N+](Cc2ccccc2F)C1=O. The second-order valence-electron chi connectivity index (χ2n) is 7.44. The number of anilines is 1. The van der Waals surface area contributed by atoms with Gasteiger partial charge in [-0.25, -0.2) is 9.18 Å². The summed E-state index contributed by atoms with van der Waals surface area (Å²) in [6.07, 6.45) is 0. The van der Waals surface area contributed by atoms with E-state index in [1.165, 1.54) is 27.3 Å². The van der Waals surface area contributed by atoms with Gasteiger partial charge in [-0.05, 0) is 36.8 Å². The third-order valence-corrected chi connectivity index (χ3v) is 7.02. The number of benzene rings is 3. The Kier molecular flexibility index (Phi) is 4.91. The molecule has 4 nitrogen and oxygen atoms in total. The molecule has 3 aromatic rings. The predicted octanol–water partition coefficient (Wildman–Crippen LogP) is 5.43. The van der Waals surface area contributed by atoms with Crippen LogP contribution in [0.3, 0.4) is 0 Å². The number of nitrogens with zero attached hydrogens (tertiary/aromatic N) is 2. The highest BCUT2D eigenvalue weighted by Gasteiger charge is 2.53. The molecule has 0 fully saturated rings. The Balaban J connectivity index is 1.71. The monoisotopic (exact) mass is 451 g/mol. The number of carbonyl (C=O) groups excluding carboxylic acids is 2. The lowest BCUT2D eigenvalue weighted by atomic mass is 10.0. The zero-order valence-corrected chi connectivity index (χ0v) is 18.1. The molecule has 1 atom stereocenters. The molecule has 1 unspecified atom stereocenters. The van der Waals surface area contributed by atoms with E-state index in [0.29, 0.717) is 22.0 Å². The van der Waals surface area contributed by atoms with Crippen LogP contribution in [-0.2, 0) is 11.3 Å². The average Bonchev–Trinajstić information content (AvgIpc) is 3.15. The van der Waals surface area contributed by atoms with Crippen LogP contribution in [0.2, 0.25) is 5.02 Å². The van der Waals surface area contributed by atoms with Crippen LogP contribution in [0.15, 0.2) is 71.6 Å². The van der Waals surface area contributed by atoms with Gasteiger partial charge in [-0.15, -0.1) is 16.7 Å². The number of imide groups is 1. The molecule has 3 amide bonds. The highest BCUT2D eigenvalue weighted by atomic mass is 35.5. The summed E-state index contributed by atoms with van der Waals surface area (Å²) >= 11 is 7.59. The number of hydrogen-bond donors (Lipinski definition) is 0. The smallest absolute Gasteiger partial charge is 0.244 e. The van der Waals surface area contributed by atoms with Gasteiger partial charge in [-0.1, -0.05) is 48.0 Å². The number of halogens is 2.